The number of amides is 1. The van der Waals surface area contributed by atoms with Crippen LogP contribution in [-0.2, 0) is 10.0 Å². The number of sulfonamides is 1. The largest absolute Gasteiger partial charge is 0.471 e. The van der Waals surface area contributed by atoms with Crippen molar-refractivity contribution in [2.24, 2.45) is 10.8 Å². The van der Waals surface area contributed by atoms with Crippen molar-refractivity contribution in [2.75, 3.05) is 37.9 Å². The average Bonchev–Trinajstić information content (AvgIpc) is 2.92. The Morgan fingerprint density at radius 2 is 1.52 bits per heavy atom. The number of nitrogens with zero attached hydrogens (tertiary/aromatic N) is 4. The number of benzene rings is 2. The topological polar surface area (TPSA) is 105 Å². The van der Waals surface area contributed by atoms with Gasteiger partial charge in [-0.25, -0.2) is 18.1 Å². The molecule has 1 aliphatic rings. The van der Waals surface area contributed by atoms with Crippen LogP contribution < -0.4 is 9.46 Å². The minimum absolute atomic E-state index is 0. The Morgan fingerprint density at radius 1 is 0.935 bits per heavy atom. The zero-order valence-corrected chi connectivity index (χ0v) is 30.3. The highest BCUT2D eigenvalue weighted by atomic mass is 35.5. The van der Waals surface area contributed by atoms with Crippen molar-refractivity contribution in [3.05, 3.63) is 65.2 Å². The molecule has 0 saturated carbocycles. The standard InChI is InChI=1S/C35H49N5O4S.ClH/c1-24-12-10-13-25(2)31(24)29-21-30-37-33(36-29)38-45(42,43)28-15-11-14-26(20-28)32(41)39(9)22-27(44-30)23-40(18-16-34(3,4)5)19-17-35(6,7)8;/h10-15,20-21,27H,16-19,22-23H2,1-9H3,(H,36,37,38);1H. The number of rotatable bonds is 7. The number of carbonyl (C=O) groups is 1. The number of ether oxygens (including phenoxy) is 1. The van der Waals surface area contributed by atoms with E-state index >= 15 is 0 Å². The molecule has 1 aromatic heterocycles. The lowest BCUT2D eigenvalue weighted by molar-refractivity contribution is 0.0615. The number of anilines is 1. The highest BCUT2D eigenvalue weighted by molar-refractivity contribution is 7.92. The summed E-state index contributed by atoms with van der Waals surface area (Å²) < 4.78 is 36.2. The molecule has 1 unspecified atom stereocenters. The molecule has 1 aliphatic heterocycles. The number of nitrogens with one attached hydrogen (secondary N) is 1. The summed E-state index contributed by atoms with van der Waals surface area (Å²) in [5, 5.41) is 0. The number of halogens is 1. The lowest BCUT2D eigenvalue weighted by atomic mass is 9.90. The van der Waals surface area contributed by atoms with Gasteiger partial charge < -0.3 is 9.64 Å². The van der Waals surface area contributed by atoms with E-state index in [9.17, 15) is 13.2 Å². The van der Waals surface area contributed by atoms with E-state index in [0.717, 1.165) is 42.6 Å². The highest BCUT2D eigenvalue weighted by Gasteiger charge is 2.27. The summed E-state index contributed by atoms with van der Waals surface area (Å²) >= 11 is 0. The maximum Gasteiger partial charge on any atom is 0.264 e. The third-order valence-electron chi connectivity index (χ3n) is 7.99. The minimum Gasteiger partial charge on any atom is -0.471 e. The van der Waals surface area contributed by atoms with Gasteiger partial charge in [0.05, 0.1) is 17.1 Å². The Labute approximate surface area is 281 Å². The van der Waals surface area contributed by atoms with Crippen LogP contribution in [0, 0.1) is 24.7 Å². The lowest BCUT2D eigenvalue weighted by Crippen LogP contribution is -2.45. The van der Waals surface area contributed by atoms with Gasteiger partial charge in [-0.2, -0.15) is 4.98 Å². The van der Waals surface area contributed by atoms with Gasteiger partial charge in [0.25, 0.3) is 15.9 Å². The van der Waals surface area contributed by atoms with Gasteiger partial charge in [-0.3, -0.25) is 9.69 Å². The third-order valence-corrected chi connectivity index (χ3v) is 9.31. The second-order valence-corrected chi connectivity index (χ2v) is 16.3. The van der Waals surface area contributed by atoms with Gasteiger partial charge in [0, 0.05) is 30.8 Å². The Kier molecular flexibility index (Phi) is 11.9. The number of aromatic nitrogens is 2. The van der Waals surface area contributed by atoms with Gasteiger partial charge in [-0.15, -0.1) is 12.4 Å². The zero-order valence-electron chi connectivity index (χ0n) is 28.7. The van der Waals surface area contributed by atoms with Gasteiger partial charge in [-0.1, -0.05) is 65.8 Å². The van der Waals surface area contributed by atoms with E-state index in [1.807, 2.05) is 32.0 Å². The van der Waals surface area contributed by atoms with Crippen LogP contribution in [0.5, 0.6) is 5.88 Å². The molecule has 252 valence electrons. The second-order valence-electron chi connectivity index (χ2n) is 14.7. The Balaban J connectivity index is 0.00000576. The van der Waals surface area contributed by atoms with Crippen LogP contribution >= 0.6 is 12.4 Å². The third kappa shape index (κ3) is 10.1. The van der Waals surface area contributed by atoms with Crippen LogP contribution in [0.2, 0.25) is 0 Å². The second kappa shape index (κ2) is 14.7. The van der Waals surface area contributed by atoms with Crippen molar-refractivity contribution < 1.29 is 17.9 Å². The quantitative estimate of drug-likeness (QED) is 0.289. The zero-order chi connectivity index (χ0) is 33.2. The fraction of sp³-hybridized carbons (Fsp3) is 0.514. The molecule has 4 bridgehead atoms. The molecule has 1 amide bonds. The van der Waals surface area contributed by atoms with Crippen LogP contribution in [0.25, 0.3) is 11.3 Å². The fourth-order valence-electron chi connectivity index (χ4n) is 5.33. The van der Waals surface area contributed by atoms with Crippen LogP contribution in [0.4, 0.5) is 5.95 Å². The molecule has 2 aromatic carbocycles. The first-order chi connectivity index (χ1) is 20.9. The van der Waals surface area contributed by atoms with Crippen molar-refractivity contribution in [2.45, 2.75) is 79.2 Å². The molecule has 0 aliphatic carbocycles. The summed E-state index contributed by atoms with van der Waals surface area (Å²) in [6.07, 6.45) is 1.55. The number of likely N-dealkylation sites (N-methyl/N-ethyl adjacent to an activating group) is 1. The van der Waals surface area contributed by atoms with Gasteiger partial charge in [0.1, 0.15) is 6.10 Å². The summed E-state index contributed by atoms with van der Waals surface area (Å²) in [7, 11) is -2.38. The molecule has 4 rings (SSSR count). The number of aryl methyl sites for hydroxylation is 2. The molecule has 3 aromatic rings. The van der Waals surface area contributed by atoms with Gasteiger partial charge in [0.2, 0.25) is 11.8 Å². The number of carbonyl (C=O) groups excluding carboxylic acids is 1. The maximum absolute atomic E-state index is 13.6. The van der Waals surface area contributed by atoms with Crippen LogP contribution in [0.3, 0.4) is 0 Å². The SMILES string of the molecule is Cc1cccc(C)c1-c1cc2nc(n1)NS(=O)(=O)c1cccc(c1)C(=O)N(C)CC(CN(CCC(C)(C)C)CCC(C)(C)C)O2.Cl. The first-order valence-electron chi connectivity index (χ1n) is 15.6. The van der Waals surface area contributed by atoms with E-state index in [1.54, 1.807) is 30.1 Å². The van der Waals surface area contributed by atoms with Crippen molar-refractivity contribution in [3.63, 3.8) is 0 Å². The van der Waals surface area contributed by atoms with E-state index in [1.165, 1.54) is 12.1 Å². The molecule has 2 heterocycles. The number of fused-ring (bicyclic) bond motifs is 4. The van der Waals surface area contributed by atoms with E-state index in [2.05, 4.69) is 61.1 Å². The summed E-state index contributed by atoms with van der Waals surface area (Å²) in [6.45, 7) is 20.0. The summed E-state index contributed by atoms with van der Waals surface area (Å²) in [4.78, 5) is 26.7. The lowest BCUT2D eigenvalue weighted by Gasteiger charge is -2.33. The molecule has 0 fully saturated rings. The smallest absolute Gasteiger partial charge is 0.264 e. The number of hydrogen-bond acceptors (Lipinski definition) is 7. The van der Waals surface area contributed by atoms with Crippen molar-refractivity contribution in [3.8, 4) is 17.1 Å². The van der Waals surface area contributed by atoms with E-state index in [0.29, 0.717) is 12.2 Å². The predicted octanol–water partition coefficient (Wildman–Crippen LogP) is 6.99. The van der Waals surface area contributed by atoms with Crippen molar-refractivity contribution in [1.29, 1.82) is 0 Å². The summed E-state index contributed by atoms with van der Waals surface area (Å²) in [5.74, 6) is -0.140. The van der Waals surface area contributed by atoms with Crippen LogP contribution in [0.15, 0.2) is 53.4 Å². The minimum atomic E-state index is -4.10. The molecule has 0 radical (unpaired) electrons. The first kappa shape index (κ1) is 37.2. The van der Waals surface area contributed by atoms with E-state index < -0.39 is 16.1 Å². The van der Waals surface area contributed by atoms with Gasteiger partial charge >= 0.3 is 0 Å². The Morgan fingerprint density at radius 3 is 2.11 bits per heavy atom. The van der Waals surface area contributed by atoms with E-state index in [4.69, 9.17) is 4.74 Å². The summed E-state index contributed by atoms with van der Waals surface area (Å²) in [6, 6.07) is 13.8. The maximum atomic E-state index is 13.6. The monoisotopic (exact) mass is 671 g/mol. The molecule has 9 nitrogen and oxygen atoms in total. The molecular formula is C35H50ClN5O4S. The van der Waals surface area contributed by atoms with Crippen molar-refractivity contribution >= 4 is 34.3 Å². The average molecular weight is 672 g/mol. The number of hydrogen-bond donors (Lipinski definition) is 1. The Hall–Kier alpha value is -3.21. The predicted molar refractivity (Wildman–Crippen MR) is 187 cm³/mol. The molecular weight excluding hydrogens is 622 g/mol. The fourth-order valence-corrected chi connectivity index (χ4v) is 6.32. The van der Waals surface area contributed by atoms with Gasteiger partial charge in [-0.05, 0) is 79.9 Å². The van der Waals surface area contributed by atoms with Crippen LogP contribution in [0.1, 0.15) is 75.9 Å². The van der Waals surface area contributed by atoms with Gasteiger partial charge in [0.15, 0.2) is 0 Å². The van der Waals surface area contributed by atoms with Crippen molar-refractivity contribution in [1.82, 2.24) is 19.8 Å². The summed E-state index contributed by atoms with van der Waals surface area (Å²) in [5.41, 5.74) is 4.02. The first-order valence-corrected chi connectivity index (χ1v) is 17.1. The van der Waals surface area contributed by atoms with Crippen LogP contribution in [-0.4, -0.2) is 73.4 Å². The highest BCUT2D eigenvalue weighted by Crippen LogP contribution is 2.30. The molecule has 0 spiro atoms. The molecule has 11 heteroatoms. The molecule has 46 heavy (non-hydrogen) atoms. The Bertz CT molecular complexity index is 1590. The molecule has 0 saturated heterocycles. The van der Waals surface area contributed by atoms with E-state index in [-0.39, 0.29) is 58.0 Å². The molecule has 1 N–H and O–H groups in total. The molecule has 1 atom stereocenters. The normalized spacial score (nSPS) is 16.8.